The van der Waals surface area contributed by atoms with E-state index in [0.717, 1.165) is 88.1 Å². The lowest BCUT2D eigenvalue weighted by molar-refractivity contribution is -0.141. The predicted octanol–water partition coefficient (Wildman–Crippen LogP) is 6.71. The van der Waals surface area contributed by atoms with E-state index >= 15 is 0 Å². The fraction of sp³-hybridized carbons (Fsp3) is 0.457. The van der Waals surface area contributed by atoms with E-state index < -0.39 is 6.10 Å². The Morgan fingerprint density at radius 3 is 2.77 bits per heavy atom. The lowest BCUT2D eigenvalue weighted by Crippen LogP contribution is -2.37. The number of nitrogens with one attached hydrogen (secondary N) is 2. The summed E-state index contributed by atoms with van der Waals surface area (Å²) < 4.78 is 25.3. The number of hydrogen-bond donors (Lipinski definition) is 5. The lowest BCUT2D eigenvalue weighted by Gasteiger charge is -2.39. The molecule has 3 heterocycles. The van der Waals surface area contributed by atoms with Crippen LogP contribution in [0.3, 0.4) is 0 Å². The quantitative estimate of drug-likeness (QED) is 0.0956. The van der Waals surface area contributed by atoms with Gasteiger partial charge >= 0.3 is 5.97 Å². The van der Waals surface area contributed by atoms with E-state index in [2.05, 4.69) is 40.7 Å². The van der Waals surface area contributed by atoms with Crippen molar-refractivity contribution in [1.82, 2.24) is 10.6 Å². The highest BCUT2D eigenvalue weighted by Gasteiger charge is 2.51. The van der Waals surface area contributed by atoms with E-state index in [9.17, 15) is 15.0 Å². The number of phenolic OH excluding ortho intramolecular Hbond substituents is 2. The second kappa shape index (κ2) is 14.8. The molecule has 4 bridgehead atoms. The van der Waals surface area contributed by atoms with Gasteiger partial charge in [0.1, 0.15) is 36.6 Å². The Bertz CT molecular complexity index is 2190. The Labute approximate surface area is 328 Å². The lowest BCUT2D eigenvalue weighted by atomic mass is 9.65. The topological polar surface area (TPSA) is 145 Å². The van der Waals surface area contributed by atoms with Crippen LogP contribution >= 0.6 is 0 Å². The molecule has 9 rings (SSSR count). The van der Waals surface area contributed by atoms with Gasteiger partial charge in [-0.1, -0.05) is 37.0 Å². The number of hydrogen-bond acceptors (Lipinski definition) is 10. The van der Waals surface area contributed by atoms with E-state index in [1.165, 1.54) is 32.6 Å². The fourth-order valence-electron chi connectivity index (χ4n) is 10.5. The molecular weight excluding hydrogens is 707 g/mol. The molecule has 6 N–H and O–H groups in total. The van der Waals surface area contributed by atoms with Crippen molar-refractivity contribution in [2.24, 2.45) is 11.7 Å². The summed E-state index contributed by atoms with van der Waals surface area (Å²) in [4.78, 5) is 12.4. The van der Waals surface area contributed by atoms with Crippen LogP contribution in [-0.4, -0.2) is 55.3 Å². The highest BCUT2D eigenvalue weighted by atomic mass is 16.5. The molecule has 0 amide bonds. The Morgan fingerprint density at radius 1 is 1.09 bits per heavy atom. The van der Waals surface area contributed by atoms with Gasteiger partial charge in [0.15, 0.2) is 11.5 Å². The number of carbonyl (C=O) groups is 1. The molecule has 5 atom stereocenters. The van der Waals surface area contributed by atoms with Crippen molar-refractivity contribution >= 4 is 5.97 Å². The number of esters is 1. The SMILES string of the molecule is COc1cc(O)cc2c1-c1ccc3c4c1[C@]1(CC[C@@H](CC5=C(C#CCc6cc(O)c(OCCNC7CCCC7)cc6[C@@H](O4)[C@H]3COC(C)=O)NC(N)C=C5)C1)C2. The number of fused-ring (bicyclic) bond motifs is 6. The van der Waals surface area contributed by atoms with E-state index in [1.54, 1.807) is 19.2 Å². The molecule has 0 radical (unpaired) electrons. The molecule has 0 saturated heterocycles. The van der Waals surface area contributed by atoms with Crippen LogP contribution in [0.1, 0.15) is 98.1 Å². The molecule has 6 aliphatic rings. The zero-order valence-electron chi connectivity index (χ0n) is 32.2. The number of dihydropyridines is 1. The Morgan fingerprint density at radius 2 is 1.95 bits per heavy atom. The minimum Gasteiger partial charge on any atom is -0.508 e. The van der Waals surface area contributed by atoms with Crippen LogP contribution in [0.2, 0.25) is 0 Å². The maximum absolute atomic E-state index is 12.4. The maximum Gasteiger partial charge on any atom is 0.302 e. The zero-order chi connectivity index (χ0) is 38.6. The Hall–Kier alpha value is -5.11. The molecule has 56 heavy (non-hydrogen) atoms. The number of carbonyl (C=O) groups excluding carboxylic acids is 1. The molecule has 0 aromatic heterocycles. The number of rotatable bonds is 8. The van der Waals surface area contributed by atoms with Gasteiger partial charge in [-0.2, -0.15) is 0 Å². The van der Waals surface area contributed by atoms with Crippen LogP contribution in [0.15, 0.2) is 59.8 Å². The average molecular weight is 758 g/mol. The van der Waals surface area contributed by atoms with Gasteiger partial charge in [-0.25, -0.2) is 0 Å². The first-order valence-electron chi connectivity index (χ1n) is 20.2. The molecule has 2 saturated carbocycles. The third kappa shape index (κ3) is 6.65. The van der Waals surface area contributed by atoms with Crippen molar-refractivity contribution in [3.05, 3.63) is 87.6 Å². The van der Waals surface area contributed by atoms with Crippen LogP contribution in [0, 0.1) is 17.8 Å². The van der Waals surface area contributed by atoms with Crippen LogP contribution in [0.25, 0.3) is 11.1 Å². The first-order valence-corrected chi connectivity index (χ1v) is 20.2. The molecule has 3 aliphatic carbocycles. The minimum atomic E-state index is -0.561. The van der Waals surface area contributed by atoms with Crippen molar-refractivity contribution in [3.8, 4) is 51.7 Å². The standard InChI is InChI=1S/C46H51N3O7/c1-26(50)55-25-36-33-11-12-34-42-30(19-32(51)21-40(42)53-2)24-46-15-14-27(23-46)18-29-10-13-41(47)49-37(29)9-5-6-28-20-38(52)39(54-17-16-48-31-7-3-4-8-31)22-35(28)44(36)56-45(33)43(34)46/h10-13,19-22,27,31,36,41,44,48-49,51-52H,3-4,6-8,14-18,23-25,47H2,1-2H3/t27-,36-,41?,44+,46-/m0/s1. The summed E-state index contributed by atoms with van der Waals surface area (Å²) in [5.74, 6) is 8.51. The number of methoxy groups -OCH3 is 1. The van der Waals surface area contributed by atoms with Crippen LogP contribution in [0.4, 0.5) is 0 Å². The van der Waals surface area contributed by atoms with Gasteiger partial charge in [0.25, 0.3) is 0 Å². The largest absolute Gasteiger partial charge is 0.508 e. The highest BCUT2D eigenvalue weighted by molar-refractivity contribution is 5.84. The number of benzene rings is 3. The first kappa shape index (κ1) is 36.5. The van der Waals surface area contributed by atoms with Gasteiger partial charge in [0.2, 0.25) is 0 Å². The zero-order valence-corrected chi connectivity index (χ0v) is 32.2. The van der Waals surface area contributed by atoms with E-state index in [-0.39, 0.29) is 41.6 Å². The van der Waals surface area contributed by atoms with Gasteiger partial charge in [-0.15, -0.1) is 0 Å². The summed E-state index contributed by atoms with van der Waals surface area (Å²) in [5.41, 5.74) is 14.9. The van der Waals surface area contributed by atoms with Gasteiger partial charge in [0, 0.05) is 59.7 Å². The van der Waals surface area contributed by atoms with Crippen molar-refractivity contribution in [2.75, 3.05) is 26.9 Å². The smallest absolute Gasteiger partial charge is 0.302 e. The van der Waals surface area contributed by atoms with Gasteiger partial charge in [-0.3, -0.25) is 4.79 Å². The van der Waals surface area contributed by atoms with Crippen molar-refractivity contribution in [1.29, 1.82) is 0 Å². The third-order valence-electron chi connectivity index (χ3n) is 12.9. The molecule has 292 valence electrons. The minimum absolute atomic E-state index is 0.0395. The average Bonchev–Trinajstić information content (AvgIpc) is 3.93. The molecule has 1 unspecified atom stereocenters. The second-order valence-electron chi connectivity index (χ2n) is 16.5. The number of ether oxygens (including phenoxy) is 4. The van der Waals surface area contributed by atoms with Crippen LogP contribution in [-0.2, 0) is 27.8 Å². The van der Waals surface area contributed by atoms with E-state index in [4.69, 9.17) is 24.7 Å². The summed E-state index contributed by atoms with van der Waals surface area (Å²) >= 11 is 0. The predicted molar refractivity (Wildman–Crippen MR) is 213 cm³/mol. The van der Waals surface area contributed by atoms with E-state index in [1.807, 2.05) is 18.2 Å². The molecule has 3 aromatic carbocycles. The van der Waals surface area contributed by atoms with Crippen molar-refractivity contribution in [2.45, 2.75) is 101 Å². The Balaban J connectivity index is 1.21. The molecule has 2 fully saturated rings. The number of aromatic hydroxyl groups is 2. The summed E-state index contributed by atoms with van der Waals surface area (Å²) in [7, 11) is 1.64. The summed E-state index contributed by atoms with van der Waals surface area (Å²) in [5, 5.41) is 29.3. The molecule has 3 aromatic rings. The van der Waals surface area contributed by atoms with Gasteiger partial charge in [0.05, 0.1) is 24.9 Å². The molecule has 1 spiro atoms. The number of nitrogens with two attached hydrogens (primary N) is 1. The van der Waals surface area contributed by atoms with Gasteiger partial charge in [-0.05, 0) is 103 Å². The highest BCUT2D eigenvalue weighted by Crippen LogP contribution is 2.62. The molecule has 10 heteroatoms. The summed E-state index contributed by atoms with van der Waals surface area (Å²) in [6.45, 7) is 2.62. The monoisotopic (exact) mass is 757 g/mol. The van der Waals surface area contributed by atoms with Crippen LogP contribution < -0.4 is 30.6 Å². The summed E-state index contributed by atoms with van der Waals surface area (Å²) in [6.07, 6.45) is 12.8. The van der Waals surface area contributed by atoms with E-state index in [0.29, 0.717) is 43.0 Å². The van der Waals surface area contributed by atoms with Crippen LogP contribution in [0.5, 0.6) is 28.7 Å². The molecular formula is C46H51N3O7. The maximum atomic E-state index is 12.4. The normalized spacial score (nSPS) is 25.7. The third-order valence-corrected chi connectivity index (χ3v) is 12.9. The van der Waals surface area contributed by atoms with Crippen molar-refractivity contribution < 1.29 is 34.0 Å². The van der Waals surface area contributed by atoms with Gasteiger partial charge < -0.3 is 45.5 Å². The number of phenols is 2. The fourth-order valence-corrected chi connectivity index (χ4v) is 10.5. The second-order valence-corrected chi connectivity index (χ2v) is 16.5. The first-order chi connectivity index (χ1) is 27.2. The molecule has 10 nitrogen and oxygen atoms in total. The number of allylic oxidation sites excluding steroid dienone is 3. The molecule has 3 aliphatic heterocycles. The van der Waals surface area contributed by atoms with Crippen molar-refractivity contribution in [3.63, 3.8) is 0 Å². The summed E-state index contributed by atoms with van der Waals surface area (Å²) in [6, 6.07) is 12.0. The Kier molecular flexibility index (Phi) is 9.63.